The molecule has 3 rings (SSSR count). The quantitative estimate of drug-likeness (QED) is 0.831. The van der Waals surface area contributed by atoms with Crippen LogP contribution in [0.3, 0.4) is 0 Å². The minimum absolute atomic E-state index is 0.0949. The van der Waals surface area contributed by atoms with Gasteiger partial charge in [-0.05, 0) is 19.8 Å². The summed E-state index contributed by atoms with van der Waals surface area (Å²) in [5.74, 6) is 0.698. The van der Waals surface area contributed by atoms with Crippen molar-refractivity contribution in [2.45, 2.75) is 31.5 Å². The van der Waals surface area contributed by atoms with Gasteiger partial charge in [-0.2, -0.15) is 4.98 Å². The molecule has 0 radical (unpaired) electrons. The van der Waals surface area contributed by atoms with Gasteiger partial charge in [0.25, 0.3) is 0 Å². The topological polar surface area (TPSA) is 56.7 Å². The second kappa shape index (κ2) is 5.94. The molecule has 6 nitrogen and oxygen atoms in total. The number of hydrogen-bond donors (Lipinski definition) is 0. The zero-order chi connectivity index (χ0) is 14.9. The molecule has 2 aliphatic heterocycles. The monoisotopic (exact) mass is 313 g/mol. The highest BCUT2D eigenvalue weighted by atomic mass is 35.5. The highest BCUT2D eigenvalue weighted by Crippen LogP contribution is 2.34. The van der Waals surface area contributed by atoms with Gasteiger partial charge in [-0.1, -0.05) is 11.6 Å². The van der Waals surface area contributed by atoms with Crippen LogP contribution in [0.5, 0.6) is 6.01 Å². The van der Waals surface area contributed by atoms with Gasteiger partial charge >= 0.3 is 6.01 Å². The molecule has 1 spiro atoms. The van der Waals surface area contributed by atoms with Crippen LogP contribution in [0.4, 0.5) is 5.82 Å². The van der Waals surface area contributed by atoms with E-state index in [0.717, 1.165) is 32.5 Å². The lowest BCUT2D eigenvalue weighted by Crippen LogP contribution is -2.59. The van der Waals surface area contributed by atoms with Gasteiger partial charge in [0.2, 0.25) is 0 Å². The molecule has 2 atom stereocenters. The molecule has 0 aromatic carbocycles. The molecule has 2 fully saturated rings. The van der Waals surface area contributed by atoms with Gasteiger partial charge in [-0.25, -0.2) is 4.98 Å². The molecular formula is C14H20ClN3O3. The van der Waals surface area contributed by atoms with E-state index in [9.17, 15) is 0 Å². The number of halogens is 1. The highest BCUT2D eigenvalue weighted by molar-refractivity contribution is 6.32. The Bertz CT molecular complexity index is 508. The van der Waals surface area contributed by atoms with Crippen molar-refractivity contribution in [3.05, 3.63) is 11.2 Å². The van der Waals surface area contributed by atoms with Crippen molar-refractivity contribution in [3.8, 4) is 6.01 Å². The molecule has 2 saturated heterocycles. The SMILES string of the molecule is COc1ncc(Cl)c(N2C[C@@H](C)O[C@@]3(CCCOC3)C2)n1. The summed E-state index contributed by atoms with van der Waals surface area (Å²) in [5.41, 5.74) is -0.266. The summed E-state index contributed by atoms with van der Waals surface area (Å²) < 4.78 is 16.9. The van der Waals surface area contributed by atoms with Crippen molar-refractivity contribution < 1.29 is 14.2 Å². The van der Waals surface area contributed by atoms with E-state index >= 15 is 0 Å². The predicted octanol–water partition coefficient (Wildman–Crippen LogP) is 1.91. The molecule has 2 aliphatic rings. The zero-order valence-electron chi connectivity index (χ0n) is 12.3. The fourth-order valence-electron chi connectivity index (χ4n) is 3.09. The van der Waals surface area contributed by atoms with Gasteiger partial charge < -0.3 is 19.1 Å². The third kappa shape index (κ3) is 3.07. The fraction of sp³-hybridized carbons (Fsp3) is 0.714. The van der Waals surface area contributed by atoms with Crippen LogP contribution in [0.2, 0.25) is 5.02 Å². The van der Waals surface area contributed by atoms with E-state index in [-0.39, 0.29) is 11.7 Å². The Morgan fingerprint density at radius 3 is 3.10 bits per heavy atom. The Morgan fingerprint density at radius 2 is 2.38 bits per heavy atom. The van der Waals surface area contributed by atoms with Crippen LogP contribution in [0.25, 0.3) is 0 Å². The van der Waals surface area contributed by atoms with E-state index < -0.39 is 0 Å². The van der Waals surface area contributed by atoms with Crippen molar-refractivity contribution in [1.82, 2.24) is 9.97 Å². The van der Waals surface area contributed by atoms with Crippen molar-refractivity contribution >= 4 is 17.4 Å². The van der Waals surface area contributed by atoms with Gasteiger partial charge in [0.05, 0.1) is 32.6 Å². The number of ether oxygens (including phenoxy) is 3. The molecule has 1 aromatic heterocycles. The largest absolute Gasteiger partial charge is 0.467 e. The average molecular weight is 314 g/mol. The molecule has 0 aliphatic carbocycles. The molecule has 0 bridgehead atoms. The first-order valence-corrected chi connectivity index (χ1v) is 7.57. The lowest BCUT2D eigenvalue weighted by molar-refractivity contribution is -0.160. The second-order valence-corrected chi connectivity index (χ2v) is 6.08. The molecule has 0 unspecified atom stereocenters. The van der Waals surface area contributed by atoms with Gasteiger partial charge in [0, 0.05) is 13.2 Å². The smallest absolute Gasteiger partial charge is 0.318 e. The van der Waals surface area contributed by atoms with Crippen LogP contribution >= 0.6 is 11.6 Å². The fourth-order valence-corrected chi connectivity index (χ4v) is 3.30. The molecular weight excluding hydrogens is 294 g/mol. The average Bonchev–Trinajstić information content (AvgIpc) is 2.47. The van der Waals surface area contributed by atoms with E-state index in [1.807, 2.05) is 0 Å². The van der Waals surface area contributed by atoms with Crippen LogP contribution in [0.15, 0.2) is 6.20 Å². The van der Waals surface area contributed by atoms with Gasteiger partial charge in [-0.15, -0.1) is 0 Å². The van der Waals surface area contributed by atoms with Crippen molar-refractivity contribution in [1.29, 1.82) is 0 Å². The van der Waals surface area contributed by atoms with E-state index in [4.69, 9.17) is 25.8 Å². The Labute approximate surface area is 129 Å². The minimum Gasteiger partial charge on any atom is -0.467 e. The standard InChI is InChI=1S/C14H20ClN3O3/c1-10-7-18(8-14(21-10)4-3-5-20-9-14)12-11(15)6-16-13(17-12)19-2/h6,10H,3-5,7-9H2,1-2H3/t10-,14+/m1/s1. The third-order valence-electron chi connectivity index (χ3n) is 3.88. The van der Waals surface area contributed by atoms with Crippen LogP contribution in [-0.2, 0) is 9.47 Å². The molecule has 0 N–H and O–H groups in total. The van der Waals surface area contributed by atoms with E-state index in [2.05, 4.69) is 21.8 Å². The zero-order valence-corrected chi connectivity index (χ0v) is 13.1. The molecule has 0 saturated carbocycles. The Morgan fingerprint density at radius 1 is 1.52 bits per heavy atom. The maximum absolute atomic E-state index is 6.27. The number of nitrogens with zero attached hydrogens (tertiary/aromatic N) is 3. The van der Waals surface area contributed by atoms with E-state index in [1.165, 1.54) is 0 Å². The number of methoxy groups -OCH3 is 1. The molecule has 116 valence electrons. The van der Waals surface area contributed by atoms with Crippen LogP contribution < -0.4 is 9.64 Å². The normalized spacial score (nSPS) is 29.7. The van der Waals surface area contributed by atoms with Gasteiger partial charge in [-0.3, -0.25) is 0 Å². The van der Waals surface area contributed by atoms with Gasteiger partial charge in [0.15, 0.2) is 5.82 Å². The third-order valence-corrected chi connectivity index (χ3v) is 4.15. The molecule has 1 aromatic rings. The van der Waals surface area contributed by atoms with Crippen LogP contribution in [-0.4, -0.2) is 55.1 Å². The summed E-state index contributed by atoms with van der Waals surface area (Å²) in [6, 6.07) is 0.322. The Balaban J connectivity index is 1.87. The lowest BCUT2D eigenvalue weighted by atomic mass is 9.93. The van der Waals surface area contributed by atoms with Crippen molar-refractivity contribution in [2.24, 2.45) is 0 Å². The van der Waals surface area contributed by atoms with Crippen LogP contribution in [0.1, 0.15) is 19.8 Å². The maximum atomic E-state index is 6.27. The minimum atomic E-state index is -0.266. The first kappa shape index (κ1) is 14.8. The number of rotatable bonds is 2. The van der Waals surface area contributed by atoms with Crippen molar-refractivity contribution in [2.75, 3.05) is 38.3 Å². The highest BCUT2D eigenvalue weighted by Gasteiger charge is 2.42. The number of anilines is 1. The summed E-state index contributed by atoms with van der Waals surface area (Å²) >= 11 is 6.27. The summed E-state index contributed by atoms with van der Waals surface area (Å²) in [4.78, 5) is 10.6. The Kier molecular flexibility index (Phi) is 4.19. The van der Waals surface area contributed by atoms with E-state index in [1.54, 1.807) is 13.3 Å². The summed E-state index contributed by atoms with van der Waals surface area (Å²) in [6.45, 7) is 4.95. The maximum Gasteiger partial charge on any atom is 0.318 e. The summed E-state index contributed by atoms with van der Waals surface area (Å²) in [7, 11) is 1.55. The van der Waals surface area contributed by atoms with E-state index in [0.29, 0.717) is 23.5 Å². The predicted molar refractivity (Wildman–Crippen MR) is 79.1 cm³/mol. The number of aromatic nitrogens is 2. The summed E-state index contributed by atoms with van der Waals surface area (Å²) in [6.07, 6.45) is 3.68. The van der Waals surface area contributed by atoms with Crippen LogP contribution in [0, 0.1) is 0 Å². The molecule has 0 amide bonds. The van der Waals surface area contributed by atoms with Crippen molar-refractivity contribution in [3.63, 3.8) is 0 Å². The lowest BCUT2D eigenvalue weighted by Gasteiger charge is -2.47. The number of hydrogen-bond acceptors (Lipinski definition) is 6. The molecule has 3 heterocycles. The number of morpholine rings is 1. The second-order valence-electron chi connectivity index (χ2n) is 5.68. The molecule has 21 heavy (non-hydrogen) atoms. The Hall–Kier alpha value is -1.11. The first-order chi connectivity index (χ1) is 10.1. The molecule has 7 heteroatoms. The van der Waals surface area contributed by atoms with Gasteiger partial charge in [0.1, 0.15) is 10.6 Å². The first-order valence-electron chi connectivity index (χ1n) is 7.19. The summed E-state index contributed by atoms with van der Waals surface area (Å²) in [5, 5.41) is 0.525.